The molecule has 3 nitrogen and oxygen atoms in total. The van der Waals surface area contributed by atoms with Gasteiger partial charge in [0.2, 0.25) is 5.52 Å². The number of ether oxygens (including phenoxy) is 1. The van der Waals surface area contributed by atoms with Gasteiger partial charge in [-0.1, -0.05) is 30.3 Å². The van der Waals surface area contributed by atoms with E-state index in [1.165, 1.54) is 22.9 Å². The Morgan fingerprint density at radius 2 is 1.95 bits per heavy atom. The topological polar surface area (TPSA) is 18.0 Å². The second kappa shape index (κ2) is 5.78. The molecule has 0 amide bonds. The minimum Gasteiger partial charge on any atom is -1.00 e. The van der Waals surface area contributed by atoms with Crippen LogP contribution in [0, 0.1) is 0 Å². The molecule has 0 unspecified atom stereocenters. The summed E-state index contributed by atoms with van der Waals surface area (Å²) >= 11 is 0. The van der Waals surface area contributed by atoms with Gasteiger partial charge >= 0.3 is 0 Å². The van der Waals surface area contributed by atoms with Gasteiger partial charge in [-0.15, -0.1) is 4.68 Å². The number of rotatable bonds is 3. The van der Waals surface area contributed by atoms with Crippen molar-refractivity contribution in [1.82, 2.24) is 4.68 Å². The van der Waals surface area contributed by atoms with Crippen LogP contribution in [0.5, 0.6) is 5.75 Å². The number of aromatic nitrogens is 2. The predicted octanol–water partition coefficient (Wildman–Crippen LogP) is -0.0845. The van der Waals surface area contributed by atoms with Crippen LogP contribution in [0.3, 0.4) is 0 Å². The Morgan fingerprint density at radius 3 is 2.81 bits per heavy atom. The van der Waals surface area contributed by atoms with Gasteiger partial charge in [0.15, 0.2) is 6.54 Å². The molecular weight excluding hydrogens is 284 g/mol. The Balaban J connectivity index is 0.00000132. The number of hydrogen-bond donors (Lipinski definition) is 0. The van der Waals surface area contributed by atoms with Gasteiger partial charge in [-0.3, -0.25) is 0 Å². The Labute approximate surface area is 130 Å². The first-order valence-electron chi connectivity index (χ1n) is 7.10. The van der Waals surface area contributed by atoms with Gasteiger partial charge in [0, 0.05) is 12.5 Å². The van der Waals surface area contributed by atoms with E-state index >= 15 is 0 Å². The second-order valence-corrected chi connectivity index (χ2v) is 5.26. The third-order valence-corrected chi connectivity index (χ3v) is 3.88. The quantitative estimate of drug-likeness (QED) is 0.619. The van der Waals surface area contributed by atoms with E-state index in [2.05, 4.69) is 45.9 Å². The van der Waals surface area contributed by atoms with Crippen LogP contribution >= 0.6 is 0 Å². The van der Waals surface area contributed by atoms with Crippen molar-refractivity contribution in [2.45, 2.75) is 26.1 Å². The summed E-state index contributed by atoms with van der Waals surface area (Å²) in [6.45, 7) is 2.86. The van der Waals surface area contributed by atoms with Gasteiger partial charge < -0.3 is 17.1 Å². The third kappa shape index (κ3) is 2.61. The van der Waals surface area contributed by atoms with Crippen LogP contribution in [0.4, 0.5) is 0 Å². The fourth-order valence-electron chi connectivity index (χ4n) is 2.89. The zero-order chi connectivity index (χ0) is 13.4. The predicted molar refractivity (Wildman–Crippen MR) is 77.5 cm³/mol. The zero-order valence-corrected chi connectivity index (χ0v) is 12.5. The van der Waals surface area contributed by atoms with Crippen molar-refractivity contribution in [3.05, 3.63) is 60.3 Å². The average molecular weight is 301 g/mol. The van der Waals surface area contributed by atoms with Crippen molar-refractivity contribution in [1.29, 1.82) is 0 Å². The van der Waals surface area contributed by atoms with Crippen molar-refractivity contribution in [3.8, 4) is 5.75 Å². The summed E-state index contributed by atoms with van der Waals surface area (Å²) in [5, 5.41) is 1.26. The molecule has 4 rings (SSSR count). The Bertz CT molecular complexity index is 752. The first-order valence-corrected chi connectivity index (χ1v) is 7.10. The lowest BCUT2D eigenvalue weighted by Gasteiger charge is -2.05. The number of nitrogens with zero attached hydrogens (tertiary/aromatic N) is 2. The van der Waals surface area contributed by atoms with E-state index in [1.54, 1.807) is 0 Å². The molecule has 0 N–H and O–H groups in total. The summed E-state index contributed by atoms with van der Waals surface area (Å²) < 4.78 is 10.5. The van der Waals surface area contributed by atoms with E-state index in [0.29, 0.717) is 6.61 Å². The van der Waals surface area contributed by atoms with E-state index in [0.717, 1.165) is 18.8 Å². The Kier molecular flexibility index (Phi) is 3.84. The molecule has 1 aromatic heterocycles. The summed E-state index contributed by atoms with van der Waals surface area (Å²) in [6.07, 6.45) is 3.46. The fraction of sp³-hybridized carbons (Fsp3) is 0.235. The summed E-state index contributed by atoms with van der Waals surface area (Å²) in [5.41, 5.74) is 2.50. The number of aryl methyl sites for hydroxylation is 2. The molecular formula is C17H17ClN2O. The molecule has 4 heteroatoms. The van der Waals surface area contributed by atoms with Crippen molar-refractivity contribution in [2.24, 2.45) is 0 Å². The van der Waals surface area contributed by atoms with Crippen molar-refractivity contribution in [3.63, 3.8) is 0 Å². The number of benzene rings is 2. The summed E-state index contributed by atoms with van der Waals surface area (Å²) in [4.78, 5) is 0. The van der Waals surface area contributed by atoms with Crippen LogP contribution in [0.15, 0.2) is 54.7 Å². The largest absolute Gasteiger partial charge is 1.00 e. The highest BCUT2D eigenvalue weighted by Gasteiger charge is 2.22. The van der Waals surface area contributed by atoms with Crippen molar-refractivity contribution < 1.29 is 21.8 Å². The maximum Gasteiger partial charge on any atom is 0.238 e. The standard InChI is InChI=1S/C17H17N2O.ClH/c1-2-5-14(6-3-1)13-20-16-7-8-17-15(11-16)12-18-9-4-10-19(17)18;/h1-3,5-8,11-12H,4,9-10,13H2;1H/q+1;/p-1. The fourth-order valence-corrected chi connectivity index (χ4v) is 2.89. The lowest BCUT2D eigenvalue weighted by Crippen LogP contribution is -3.00. The van der Waals surface area contributed by atoms with E-state index in [4.69, 9.17) is 4.74 Å². The minimum atomic E-state index is 0. The monoisotopic (exact) mass is 300 g/mol. The van der Waals surface area contributed by atoms with E-state index in [1.807, 2.05) is 18.2 Å². The second-order valence-electron chi connectivity index (χ2n) is 5.26. The smallest absolute Gasteiger partial charge is 0.238 e. The van der Waals surface area contributed by atoms with Gasteiger partial charge in [-0.05, 0) is 17.7 Å². The highest BCUT2D eigenvalue weighted by atomic mass is 35.5. The lowest BCUT2D eigenvalue weighted by molar-refractivity contribution is -0.734. The van der Waals surface area contributed by atoms with E-state index in [9.17, 15) is 0 Å². The summed E-state index contributed by atoms with van der Waals surface area (Å²) in [7, 11) is 0. The van der Waals surface area contributed by atoms with Crippen LogP contribution in [0.1, 0.15) is 12.0 Å². The molecule has 0 saturated heterocycles. The molecule has 0 aliphatic carbocycles. The molecule has 3 aromatic rings. The molecule has 0 spiro atoms. The van der Waals surface area contributed by atoms with Gasteiger partial charge in [0.1, 0.15) is 12.4 Å². The van der Waals surface area contributed by atoms with Crippen LogP contribution in [0.25, 0.3) is 10.9 Å². The molecule has 2 heterocycles. The normalized spacial score (nSPS) is 13.0. The summed E-state index contributed by atoms with van der Waals surface area (Å²) in [5.74, 6) is 0.936. The van der Waals surface area contributed by atoms with Crippen molar-refractivity contribution in [2.75, 3.05) is 0 Å². The molecule has 0 saturated carbocycles. The maximum absolute atomic E-state index is 5.88. The molecule has 0 fully saturated rings. The van der Waals surface area contributed by atoms with Crippen LogP contribution in [0.2, 0.25) is 0 Å². The molecule has 1 aliphatic heterocycles. The third-order valence-electron chi connectivity index (χ3n) is 3.88. The van der Waals surface area contributed by atoms with Gasteiger partial charge in [0.25, 0.3) is 0 Å². The molecule has 1 aliphatic rings. The molecule has 108 valence electrons. The van der Waals surface area contributed by atoms with Gasteiger partial charge in [-0.2, -0.15) is 4.68 Å². The van der Waals surface area contributed by atoms with Crippen molar-refractivity contribution >= 4 is 10.9 Å². The average Bonchev–Trinajstić information content (AvgIpc) is 3.06. The first-order chi connectivity index (χ1) is 9.90. The number of hydrogen-bond acceptors (Lipinski definition) is 1. The number of fused-ring (bicyclic) bond motifs is 3. The van der Waals surface area contributed by atoms with Gasteiger partial charge in [-0.25, -0.2) is 0 Å². The molecule has 0 radical (unpaired) electrons. The molecule has 21 heavy (non-hydrogen) atoms. The zero-order valence-electron chi connectivity index (χ0n) is 11.7. The first kappa shape index (κ1) is 14.0. The maximum atomic E-state index is 5.88. The molecule has 0 bridgehead atoms. The van der Waals surface area contributed by atoms with Crippen LogP contribution in [-0.2, 0) is 19.7 Å². The molecule has 2 aromatic carbocycles. The Hall–Kier alpha value is -2.00. The molecule has 0 atom stereocenters. The van der Waals surface area contributed by atoms with Crippen LogP contribution < -0.4 is 21.8 Å². The highest BCUT2D eigenvalue weighted by molar-refractivity contribution is 5.76. The van der Waals surface area contributed by atoms with Gasteiger partial charge in [0.05, 0.1) is 18.1 Å². The lowest BCUT2D eigenvalue weighted by atomic mass is 10.2. The number of halogens is 1. The van der Waals surface area contributed by atoms with E-state index < -0.39 is 0 Å². The SMILES string of the molecule is [Cl-].c1ccc(COc2ccc3c(c2)cn2[n+]3CCC2)cc1. The van der Waals surface area contributed by atoms with Crippen LogP contribution in [-0.4, -0.2) is 4.68 Å². The summed E-state index contributed by atoms with van der Waals surface area (Å²) in [6, 6.07) is 16.6. The van der Waals surface area contributed by atoms with E-state index in [-0.39, 0.29) is 12.4 Å². The minimum absolute atomic E-state index is 0. The Morgan fingerprint density at radius 1 is 1.10 bits per heavy atom. The highest BCUT2D eigenvalue weighted by Crippen LogP contribution is 2.21.